The van der Waals surface area contributed by atoms with Crippen molar-refractivity contribution in [3.63, 3.8) is 0 Å². The molecule has 1 nitrogen and oxygen atoms in total. The Labute approximate surface area is 121 Å². The zero-order valence-electron chi connectivity index (χ0n) is 10.5. The van der Waals surface area contributed by atoms with Crippen molar-refractivity contribution in [3.8, 4) is 0 Å². The highest BCUT2D eigenvalue weighted by atomic mass is 79.9. The number of aromatic nitrogens is 1. The van der Waals surface area contributed by atoms with Crippen LogP contribution in [-0.2, 0) is 6.42 Å². The minimum absolute atomic E-state index is 0.924. The molecule has 0 fully saturated rings. The van der Waals surface area contributed by atoms with E-state index < -0.39 is 0 Å². The Balaban J connectivity index is 2.24. The Morgan fingerprint density at radius 1 is 1.16 bits per heavy atom. The lowest BCUT2D eigenvalue weighted by Crippen LogP contribution is -1.86. The second-order valence-electron chi connectivity index (χ2n) is 4.57. The third kappa shape index (κ3) is 2.36. The Bertz CT molecular complexity index is 729. The van der Waals surface area contributed by atoms with Gasteiger partial charge in [0.05, 0.1) is 0 Å². The van der Waals surface area contributed by atoms with Crippen molar-refractivity contribution in [3.05, 3.63) is 76.5 Å². The molecule has 0 spiro atoms. The minimum atomic E-state index is 0.924. The predicted molar refractivity (Wildman–Crippen MR) is 86.3 cm³/mol. The van der Waals surface area contributed by atoms with E-state index in [9.17, 15) is 0 Å². The molecule has 1 aromatic heterocycles. The van der Waals surface area contributed by atoms with Crippen LogP contribution in [0.5, 0.6) is 0 Å². The van der Waals surface area contributed by atoms with E-state index in [2.05, 4.69) is 70.0 Å². The summed E-state index contributed by atoms with van der Waals surface area (Å²) in [5.74, 6) is 0. The highest BCUT2D eigenvalue weighted by Crippen LogP contribution is 2.28. The molecule has 0 saturated heterocycles. The molecule has 0 atom stereocenters. The van der Waals surface area contributed by atoms with Gasteiger partial charge in [-0.1, -0.05) is 65.0 Å². The van der Waals surface area contributed by atoms with Crippen molar-refractivity contribution >= 4 is 32.9 Å². The topological polar surface area (TPSA) is 15.8 Å². The van der Waals surface area contributed by atoms with Crippen molar-refractivity contribution in [2.24, 2.45) is 0 Å². The summed E-state index contributed by atoms with van der Waals surface area (Å²) in [6.45, 7) is 4.05. The van der Waals surface area contributed by atoms with E-state index in [1.165, 1.54) is 16.5 Å². The van der Waals surface area contributed by atoms with Crippen LogP contribution < -0.4 is 0 Å². The van der Waals surface area contributed by atoms with E-state index in [0.29, 0.717) is 0 Å². The average molecular weight is 312 g/mol. The number of hydrogen-bond acceptors (Lipinski definition) is 0. The summed E-state index contributed by atoms with van der Waals surface area (Å²) in [7, 11) is 0. The molecule has 2 aromatic rings. The third-order valence-electron chi connectivity index (χ3n) is 3.29. The molecule has 1 aromatic carbocycles. The van der Waals surface area contributed by atoms with Gasteiger partial charge in [-0.2, -0.15) is 0 Å². The van der Waals surface area contributed by atoms with Gasteiger partial charge in [-0.25, -0.2) is 0 Å². The molecule has 0 unspecified atom stereocenters. The number of hydrogen-bond donors (Lipinski definition) is 1. The molecule has 0 aliphatic heterocycles. The fourth-order valence-electron chi connectivity index (χ4n) is 2.30. The fraction of sp³-hybridized carbons (Fsp3) is 0.0588. The maximum absolute atomic E-state index is 4.05. The van der Waals surface area contributed by atoms with Gasteiger partial charge >= 0.3 is 0 Å². The normalized spacial score (nSPS) is 18.8. The van der Waals surface area contributed by atoms with E-state index >= 15 is 0 Å². The Kier molecular flexibility index (Phi) is 3.26. The summed E-state index contributed by atoms with van der Waals surface area (Å²) in [6, 6.07) is 8.41. The van der Waals surface area contributed by atoms with Gasteiger partial charge in [-0.05, 0) is 29.7 Å². The van der Waals surface area contributed by atoms with Crippen LogP contribution in [0.25, 0.3) is 17.0 Å². The lowest BCUT2D eigenvalue weighted by molar-refractivity contribution is 1.26. The van der Waals surface area contributed by atoms with Crippen molar-refractivity contribution in [2.75, 3.05) is 0 Å². The first kappa shape index (κ1) is 12.2. The van der Waals surface area contributed by atoms with Gasteiger partial charge in [0.2, 0.25) is 0 Å². The number of rotatable bonds is 0. The number of para-hydroxylation sites is 1. The molecule has 19 heavy (non-hydrogen) atoms. The Morgan fingerprint density at radius 2 is 2.00 bits per heavy atom. The van der Waals surface area contributed by atoms with Crippen molar-refractivity contribution in [1.29, 1.82) is 0 Å². The van der Waals surface area contributed by atoms with E-state index in [4.69, 9.17) is 0 Å². The summed E-state index contributed by atoms with van der Waals surface area (Å²) >= 11 is 3.59. The maximum atomic E-state index is 4.05. The van der Waals surface area contributed by atoms with Crippen LogP contribution in [0.15, 0.2) is 65.2 Å². The van der Waals surface area contributed by atoms with Crippen molar-refractivity contribution in [2.45, 2.75) is 6.42 Å². The SMILES string of the molecule is C=C1/C=C\C=C/Cc2c([nH]c3ccccc23)C=C1Br. The molecule has 94 valence electrons. The van der Waals surface area contributed by atoms with Crippen LogP contribution >= 0.6 is 15.9 Å². The molecule has 1 heterocycles. The quantitative estimate of drug-likeness (QED) is 0.694. The number of halogens is 1. The fourth-order valence-corrected chi connectivity index (χ4v) is 2.66. The predicted octanol–water partition coefficient (Wildman–Crippen LogP) is 5.13. The molecular formula is C17H14BrN. The van der Waals surface area contributed by atoms with E-state index in [0.717, 1.165) is 22.2 Å². The van der Waals surface area contributed by atoms with Gasteiger partial charge in [0.1, 0.15) is 0 Å². The van der Waals surface area contributed by atoms with Crippen LogP contribution in [-0.4, -0.2) is 4.98 Å². The maximum Gasteiger partial charge on any atom is 0.0461 e. The van der Waals surface area contributed by atoms with Crippen LogP contribution in [0.3, 0.4) is 0 Å². The molecular weight excluding hydrogens is 298 g/mol. The zero-order valence-corrected chi connectivity index (χ0v) is 12.1. The van der Waals surface area contributed by atoms with Crippen LogP contribution in [0.2, 0.25) is 0 Å². The Morgan fingerprint density at radius 3 is 2.89 bits per heavy atom. The number of fused-ring (bicyclic) bond motifs is 3. The number of allylic oxidation sites excluding steroid dienone is 6. The first-order chi connectivity index (χ1) is 9.25. The first-order valence-electron chi connectivity index (χ1n) is 6.25. The Hall–Kier alpha value is -1.80. The molecule has 0 amide bonds. The van der Waals surface area contributed by atoms with Gasteiger partial charge < -0.3 is 4.98 Å². The molecule has 1 aliphatic carbocycles. The summed E-state index contributed by atoms with van der Waals surface area (Å²) in [4.78, 5) is 3.48. The minimum Gasteiger partial charge on any atom is -0.355 e. The average Bonchev–Trinajstić information content (AvgIpc) is 2.75. The molecule has 3 rings (SSSR count). The largest absolute Gasteiger partial charge is 0.355 e. The molecule has 1 N–H and O–H groups in total. The lowest BCUT2D eigenvalue weighted by atomic mass is 10.1. The molecule has 0 radical (unpaired) electrons. The van der Waals surface area contributed by atoms with Crippen LogP contribution in [0, 0.1) is 0 Å². The smallest absolute Gasteiger partial charge is 0.0461 e. The van der Waals surface area contributed by atoms with Gasteiger partial charge in [-0.15, -0.1) is 0 Å². The second kappa shape index (κ2) is 5.06. The molecule has 1 aliphatic rings. The summed E-state index contributed by atoms with van der Waals surface area (Å²) < 4.78 is 1.01. The van der Waals surface area contributed by atoms with E-state index in [1.54, 1.807) is 0 Å². The summed E-state index contributed by atoms with van der Waals surface area (Å²) in [5.41, 5.74) is 4.62. The highest BCUT2D eigenvalue weighted by Gasteiger charge is 2.09. The summed E-state index contributed by atoms with van der Waals surface area (Å²) in [6.07, 6.45) is 11.3. The summed E-state index contributed by atoms with van der Waals surface area (Å²) in [5, 5.41) is 1.29. The van der Waals surface area contributed by atoms with Gasteiger partial charge in [-0.3, -0.25) is 0 Å². The second-order valence-corrected chi connectivity index (χ2v) is 5.43. The lowest BCUT2D eigenvalue weighted by Gasteiger charge is -2.02. The monoisotopic (exact) mass is 311 g/mol. The van der Waals surface area contributed by atoms with Gasteiger partial charge in [0, 0.05) is 21.1 Å². The van der Waals surface area contributed by atoms with Crippen molar-refractivity contribution < 1.29 is 0 Å². The molecule has 0 bridgehead atoms. The van der Waals surface area contributed by atoms with Crippen LogP contribution in [0.4, 0.5) is 0 Å². The third-order valence-corrected chi connectivity index (χ3v) is 4.03. The van der Waals surface area contributed by atoms with E-state index in [1.807, 2.05) is 12.2 Å². The van der Waals surface area contributed by atoms with E-state index in [-0.39, 0.29) is 0 Å². The number of nitrogens with one attached hydrogen (secondary N) is 1. The standard InChI is InChI=1S/C17H14BrN/c1-12-7-3-2-4-8-14-13-9-5-6-10-16(13)19-17(14)11-15(12)18/h2-7,9-11,19H,1,8H2/b4-2-,7-3-,15-11?. The first-order valence-corrected chi connectivity index (χ1v) is 7.04. The molecule has 0 saturated carbocycles. The van der Waals surface area contributed by atoms with Crippen molar-refractivity contribution in [1.82, 2.24) is 4.98 Å². The van der Waals surface area contributed by atoms with Gasteiger partial charge in [0.15, 0.2) is 0 Å². The number of H-pyrrole nitrogens is 1. The highest BCUT2D eigenvalue weighted by molar-refractivity contribution is 9.12. The van der Waals surface area contributed by atoms with Gasteiger partial charge in [0.25, 0.3) is 0 Å². The number of aromatic amines is 1. The zero-order chi connectivity index (χ0) is 13.2. The number of benzene rings is 1. The molecule has 2 heteroatoms. The van der Waals surface area contributed by atoms with Crippen LogP contribution in [0.1, 0.15) is 11.3 Å².